The molecule has 0 saturated heterocycles. The molecule has 2 aromatic carbocycles. The van der Waals surface area contributed by atoms with Crippen molar-refractivity contribution in [3.8, 4) is 0 Å². The topological polar surface area (TPSA) is 66.5 Å². The van der Waals surface area contributed by atoms with Crippen molar-refractivity contribution in [2.24, 2.45) is 0 Å². The summed E-state index contributed by atoms with van der Waals surface area (Å²) < 4.78 is 41.0. The van der Waals surface area contributed by atoms with Crippen LogP contribution >= 0.6 is 0 Å². The Balaban J connectivity index is 1.89. The number of carbonyl (C=O) groups is 1. The molecule has 0 radical (unpaired) electrons. The molecule has 0 heterocycles. The van der Waals surface area contributed by atoms with Crippen molar-refractivity contribution >= 4 is 15.9 Å². The number of carbonyl (C=O) groups excluding carboxylic acids is 1. The molecule has 1 N–H and O–H groups in total. The van der Waals surface area contributed by atoms with Crippen molar-refractivity contribution in [2.45, 2.75) is 44.0 Å². The second-order valence-electron chi connectivity index (χ2n) is 6.85. The highest BCUT2D eigenvalue weighted by molar-refractivity contribution is 7.89. The predicted octanol–water partition coefficient (Wildman–Crippen LogP) is 3.66. The first-order chi connectivity index (χ1) is 13.4. The molecule has 0 saturated carbocycles. The average molecular weight is 405 g/mol. The Kier molecular flexibility index (Phi) is 6.15. The zero-order valence-corrected chi connectivity index (χ0v) is 16.9. The lowest BCUT2D eigenvalue weighted by molar-refractivity contribution is 0.0928. The van der Waals surface area contributed by atoms with E-state index >= 15 is 0 Å². The summed E-state index contributed by atoms with van der Waals surface area (Å²) in [7, 11) is -3.77. The number of halogens is 1. The Hall–Kier alpha value is -2.25. The molecule has 0 fully saturated rings. The molecule has 0 bridgehead atoms. The third kappa shape index (κ3) is 3.95. The van der Waals surface area contributed by atoms with E-state index in [1.54, 1.807) is 13.8 Å². The zero-order chi connectivity index (χ0) is 20.3. The third-order valence-electron chi connectivity index (χ3n) is 5.20. The summed E-state index contributed by atoms with van der Waals surface area (Å²) in [5.41, 5.74) is 1.96. The lowest BCUT2D eigenvalue weighted by atomic mass is 9.87. The Morgan fingerprint density at radius 1 is 1.18 bits per heavy atom. The van der Waals surface area contributed by atoms with E-state index in [1.165, 1.54) is 15.9 Å². The number of aryl methyl sites for hydroxylation is 1. The number of benzene rings is 2. The summed E-state index contributed by atoms with van der Waals surface area (Å²) in [6.45, 7) is 4.07. The van der Waals surface area contributed by atoms with Crippen LogP contribution in [0.1, 0.15) is 54.2 Å². The van der Waals surface area contributed by atoms with Crippen molar-refractivity contribution in [1.29, 1.82) is 0 Å². The molecule has 1 aliphatic carbocycles. The van der Waals surface area contributed by atoms with Gasteiger partial charge < -0.3 is 5.32 Å². The van der Waals surface area contributed by atoms with E-state index in [-0.39, 0.29) is 16.5 Å². The molecule has 3 rings (SSSR count). The van der Waals surface area contributed by atoms with Crippen LogP contribution < -0.4 is 5.32 Å². The van der Waals surface area contributed by atoms with Gasteiger partial charge in [-0.25, -0.2) is 12.8 Å². The van der Waals surface area contributed by atoms with E-state index < -0.39 is 21.7 Å². The molecule has 28 heavy (non-hydrogen) atoms. The van der Waals surface area contributed by atoms with Gasteiger partial charge in [0.15, 0.2) is 0 Å². The molecule has 0 aromatic heterocycles. The van der Waals surface area contributed by atoms with Gasteiger partial charge in [-0.3, -0.25) is 4.79 Å². The summed E-state index contributed by atoms with van der Waals surface area (Å²) in [5.74, 6) is -1.34. The number of amides is 1. The highest BCUT2D eigenvalue weighted by atomic mass is 32.2. The lowest BCUT2D eigenvalue weighted by Gasteiger charge is -2.26. The molecule has 1 atom stereocenters. The number of hydrogen-bond acceptors (Lipinski definition) is 3. The summed E-state index contributed by atoms with van der Waals surface area (Å²) in [6.07, 6.45) is 2.65. The van der Waals surface area contributed by atoms with Crippen molar-refractivity contribution in [3.63, 3.8) is 0 Å². The maximum absolute atomic E-state index is 14.4. The van der Waals surface area contributed by atoms with E-state index in [9.17, 15) is 17.6 Å². The van der Waals surface area contributed by atoms with Crippen LogP contribution in [0.5, 0.6) is 0 Å². The Bertz CT molecular complexity index is 971. The summed E-state index contributed by atoms with van der Waals surface area (Å²) in [4.78, 5) is 12.7. The average Bonchev–Trinajstić information content (AvgIpc) is 2.69. The largest absolute Gasteiger partial charge is 0.345 e. The highest BCUT2D eigenvalue weighted by Gasteiger charge is 2.26. The minimum Gasteiger partial charge on any atom is -0.345 e. The number of rotatable bonds is 6. The number of nitrogens with one attached hydrogen (secondary N) is 1. The number of sulfonamides is 1. The van der Waals surface area contributed by atoms with Gasteiger partial charge in [0.2, 0.25) is 10.0 Å². The summed E-state index contributed by atoms with van der Waals surface area (Å²) >= 11 is 0. The highest BCUT2D eigenvalue weighted by Crippen LogP contribution is 2.30. The molecular formula is C21H25FN2O3S. The number of hydrogen-bond donors (Lipinski definition) is 1. The maximum Gasteiger partial charge on any atom is 0.254 e. The molecule has 7 heteroatoms. The summed E-state index contributed by atoms with van der Waals surface area (Å²) in [5, 5.41) is 2.88. The first-order valence-electron chi connectivity index (χ1n) is 9.56. The molecule has 1 amide bonds. The SMILES string of the molecule is CCN(CC)S(=O)(=O)c1ccc(F)c(C(=O)N[C@H]2CCCc3ccccc32)c1. The van der Waals surface area contributed by atoms with E-state index in [0.29, 0.717) is 13.1 Å². The second kappa shape index (κ2) is 8.41. The molecule has 150 valence electrons. The molecule has 5 nitrogen and oxygen atoms in total. The van der Waals surface area contributed by atoms with Crippen LogP contribution in [0.15, 0.2) is 47.4 Å². The van der Waals surface area contributed by atoms with Crippen molar-refractivity contribution in [2.75, 3.05) is 13.1 Å². The van der Waals surface area contributed by atoms with E-state index in [1.807, 2.05) is 24.3 Å². The minimum absolute atomic E-state index is 0.0770. The van der Waals surface area contributed by atoms with E-state index in [2.05, 4.69) is 5.32 Å². The monoisotopic (exact) mass is 404 g/mol. The van der Waals surface area contributed by atoms with Crippen LogP contribution in [0.3, 0.4) is 0 Å². The first-order valence-corrected chi connectivity index (χ1v) is 11.0. The number of nitrogens with zero attached hydrogens (tertiary/aromatic N) is 1. The lowest BCUT2D eigenvalue weighted by Crippen LogP contribution is -2.33. The van der Waals surface area contributed by atoms with Gasteiger partial charge in [-0.1, -0.05) is 38.1 Å². The summed E-state index contributed by atoms with van der Waals surface area (Å²) in [6, 6.07) is 11.1. The van der Waals surface area contributed by atoms with Crippen LogP contribution in [0.4, 0.5) is 4.39 Å². The van der Waals surface area contributed by atoms with Gasteiger partial charge in [0.05, 0.1) is 16.5 Å². The van der Waals surface area contributed by atoms with Crippen molar-refractivity contribution < 1.29 is 17.6 Å². The van der Waals surface area contributed by atoms with Gasteiger partial charge in [-0.05, 0) is 48.6 Å². The molecular weight excluding hydrogens is 379 g/mol. The van der Waals surface area contributed by atoms with Crippen molar-refractivity contribution in [1.82, 2.24) is 9.62 Å². The van der Waals surface area contributed by atoms with Crippen molar-refractivity contribution in [3.05, 3.63) is 65.0 Å². The van der Waals surface area contributed by atoms with Gasteiger partial charge >= 0.3 is 0 Å². The zero-order valence-electron chi connectivity index (χ0n) is 16.1. The quantitative estimate of drug-likeness (QED) is 0.799. The fraction of sp³-hybridized carbons (Fsp3) is 0.381. The van der Waals surface area contributed by atoms with E-state index in [0.717, 1.165) is 37.0 Å². The van der Waals surface area contributed by atoms with Crippen LogP contribution in [0.2, 0.25) is 0 Å². The van der Waals surface area contributed by atoms with Crippen LogP contribution in [0.25, 0.3) is 0 Å². The fourth-order valence-electron chi connectivity index (χ4n) is 3.69. The van der Waals surface area contributed by atoms with Gasteiger partial charge in [0.1, 0.15) is 5.82 Å². The molecule has 0 spiro atoms. The standard InChI is InChI=1S/C21H25FN2O3S/c1-3-24(4-2)28(26,27)16-12-13-19(22)18(14-16)21(25)23-20-11-7-9-15-8-5-6-10-17(15)20/h5-6,8,10,12-14,20H,3-4,7,9,11H2,1-2H3,(H,23,25)/t20-/m0/s1. The molecule has 2 aromatic rings. The van der Waals surface area contributed by atoms with Gasteiger partial charge in [-0.15, -0.1) is 0 Å². The Morgan fingerprint density at radius 3 is 2.61 bits per heavy atom. The normalized spacial score (nSPS) is 16.6. The smallest absolute Gasteiger partial charge is 0.254 e. The maximum atomic E-state index is 14.4. The number of fused-ring (bicyclic) bond motifs is 1. The minimum atomic E-state index is -3.77. The van der Waals surface area contributed by atoms with Crippen LogP contribution in [-0.4, -0.2) is 31.7 Å². The van der Waals surface area contributed by atoms with Gasteiger partial charge in [-0.2, -0.15) is 4.31 Å². The molecule has 0 unspecified atom stereocenters. The Labute approximate surface area is 165 Å². The molecule has 0 aliphatic heterocycles. The van der Waals surface area contributed by atoms with Crippen LogP contribution in [-0.2, 0) is 16.4 Å². The second-order valence-corrected chi connectivity index (χ2v) is 8.79. The van der Waals surface area contributed by atoms with Crippen LogP contribution in [0, 0.1) is 5.82 Å². The van der Waals surface area contributed by atoms with Gasteiger partial charge in [0, 0.05) is 13.1 Å². The Morgan fingerprint density at radius 2 is 1.89 bits per heavy atom. The van der Waals surface area contributed by atoms with Gasteiger partial charge in [0.25, 0.3) is 5.91 Å². The third-order valence-corrected chi connectivity index (χ3v) is 7.25. The van der Waals surface area contributed by atoms with E-state index in [4.69, 9.17) is 0 Å². The fourth-order valence-corrected chi connectivity index (χ4v) is 5.18. The molecule has 1 aliphatic rings. The first kappa shape index (κ1) is 20.5. The predicted molar refractivity (Wildman–Crippen MR) is 106 cm³/mol.